The van der Waals surface area contributed by atoms with Gasteiger partial charge in [-0.1, -0.05) is 6.32 Å². The zero-order valence-corrected chi connectivity index (χ0v) is 7.33. The monoisotopic (exact) mass is 171 g/mol. The van der Waals surface area contributed by atoms with E-state index in [1.165, 1.54) is 0 Å². The number of rotatable bonds is 0. The molecule has 0 radical (unpaired) electrons. The van der Waals surface area contributed by atoms with Crippen molar-refractivity contribution in [1.29, 1.82) is 5.26 Å². The Morgan fingerprint density at radius 3 is 3.23 bits per heavy atom. The fraction of sp³-hybridized carbons (Fsp3) is 0.333. The van der Waals surface area contributed by atoms with E-state index in [1.54, 1.807) is 6.20 Å². The molecular formula is C9H10BN3. The maximum atomic E-state index is 8.78. The van der Waals surface area contributed by atoms with Crippen LogP contribution in [-0.2, 0) is 12.7 Å². The van der Waals surface area contributed by atoms with Crippen molar-refractivity contribution in [1.82, 2.24) is 4.98 Å². The quantitative estimate of drug-likeness (QED) is 0.588. The lowest BCUT2D eigenvalue weighted by atomic mass is 9.42. The molecule has 1 aromatic rings. The molecule has 0 unspecified atom stereocenters. The van der Waals surface area contributed by atoms with E-state index >= 15 is 0 Å². The minimum atomic E-state index is 0.149. The summed E-state index contributed by atoms with van der Waals surface area (Å²) in [6.45, 7) is 0.149. The predicted octanol–water partition coefficient (Wildman–Crippen LogP) is 0.859. The summed E-state index contributed by atoms with van der Waals surface area (Å²) in [6.07, 6.45) is 4.34. The third-order valence-corrected chi connectivity index (χ3v) is 2.46. The zero-order chi connectivity index (χ0) is 9.26. The molecule has 3 nitrogen and oxygen atoms in total. The summed E-state index contributed by atoms with van der Waals surface area (Å²) in [7, 11) is 0. The number of hydrogen-bond acceptors (Lipinski definition) is 3. The predicted molar refractivity (Wildman–Crippen MR) is 52.2 cm³/mol. The van der Waals surface area contributed by atoms with E-state index in [9.17, 15) is 0 Å². The molecule has 4 heteroatoms. The third kappa shape index (κ3) is 1.50. The highest BCUT2D eigenvalue weighted by Gasteiger charge is 2.22. The van der Waals surface area contributed by atoms with Crippen LogP contribution in [0.15, 0.2) is 12.3 Å². The van der Waals surface area contributed by atoms with Crippen molar-refractivity contribution in [2.24, 2.45) is 0 Å². The standard InChI is InChI=1S/C9H10BN3/c11-6-10-2-1-9-7(4-10)3-8(12)5-13-9/h3,5H,1-2,4,12H2. The first-order valence-corrected chi connectivity index (χ1v) is 4.42. The molecule has 2 heterocycles. The summed E-state index contributed by atoms with van der Waals surface area (Å²) >= 11 is 0. The molecule has 0 atom stereocenters. The van der Waals surface area contributed by atoms with E-state index in [-0.39, 0.29) is 6.71 Å². The molecule has 0 saturated carbocycles. The van der Waals surface area contributed by atoms with Gasteiger partial charge in [0.05, 0.1) is 11.9 Å². The molecule has 13 heavy (non-hydrogen) atoms. The SMILES string of the molecule is N#CB1CCc2ncc(N)cc2C1. The zero-order valence-electron chi connectivity index (χ0n) is 7.33. The van der Waals surface area contributed by atoms with Crippen LogP contribution in [0.5, 0.6) is 0 Å². The van der Waals surface area contributed by atoms with E-state index in [0.717, 1.165) is 30.3 Å². The van der Waals surface area contributed by atoms with Gasteiger partial charge in [-0.2, -0.15) is 0 Å². The van der Waals surface area contributed by atoms with E-state index < -0.39 is 0 Å². The normalized spacial score (nSPS) is 14.8. The maximum Gasteiger partial charge on any atom is 0.272 e. The highest BCUT2D eigenvalue weighted by molar-refractivity contribution is 6.66. The Kier molecular flexibility index (Phi) is 1.93. The lowest BCUT2D eigenvalue weighted by molar-refractivity contribution is 0.953. The van der Waals surface area contributed by atoms with Crippen LogP contribution >= 0.6 is 0 Å². The summed E-state index contributed by atoms with van der Waals surface area (Å²) in [6, 6.07) is 1.94. The summed E-state index contributed by atoms with van der Waals surface area (Å²) in [5.41, 5.74) is 8.58. The van der Waals surface area contributed by atoms with Crippen molar-refractivity contribution in [3.8, 4) is 5.97 Å². The van der Waals surface area contributed by atoms with Gasteiger partial charge >= 0.3 is 0 Å². The molecule has 1 aromatic heterocycles. The first-order valence-electron chi connectivity index (χ1n) is 4.42. The number of fused-ring (bicyclic) bond motifs is 1. The number of anilines is 1. The van der Waals surface area contributed by atoms with Crippen molar-refractivity contribution in [2.45, 2.75) is 19.1 Å². The summed E-state index contributed by atoms with van der Waals surface area (Å²) in [5.74, 6) is 2.30. The Balaban J connectivity index is 2.34. The largest absolute Gasteiger partial charge is 0.397 e. The Hall–Kier alpha value is -1.50. The molecular weight excluding hydrogens is 161 g/mol. The number of aryl methyl sites for hydroxylation is 1. The average Bonchev–Trinajstić information content (AvgIpc) is 2.16. The van der Waals surface area contributed by atoms with Gasteiger partial charge in [0.1, 0.15) is 0 Å². The van der Waals surface area contributed by atoms with E-state index in [0.29, 0.717) is 5.69 Å². The van der Waals surface area contributed by atoms with Crippen LogP contribution in [0, 0.1) is 11.2 Å². The summed E-state index contributed by atoms with van der Waals surface area (Å²) in [4.78, 5) is 4.25. The van der Waals surface area contributed by atoms with Crippen LogP contribution < -0.4 is 5.73 Å². The molecule has 0 bridgehead atoms. The molecule has 0 spiro atoms. The maximum absolute atomic E-state index is 8.78. The number of nitrogens with two attached hydrogens (primary N) is 1. The first-order chi connectivity index (χ1) is 6.29. The van der Waals surface area contributed by atoms with Crippen LogP contribution in [0.2, 0.25) is 6.32 Å². The molecule has 2 rings (SSSR count). The Labute approximate surface area is 77.7 Å². The van der Waals surface area contributed by atoms with Crippen LogP contribution in [0.4, 0.5) is 5.69 Å². The Bertz CT molecular complexity index is 370. The fourth-order valence-electron chi connectivity index (χ4n) is 1.75. The Morgan fingerprint density at radius 2 is 2.46 bits per heavy atom. The topological polar surface area (TPSA) is 62.7 Å². The van der Waals surface area contributed by atoms with E-state index in [2.05, 4.69) is 11.0 Å². The van der Waals surface area contributed by atoms with Gasteiger partial charge in [-0.05, 0) is 24.4 Å². The van der Waals surface area contributed by atoms with Crippen molar-refractivity contribution in [3.05, 3.63) is 23.5 Å². The smallest absolute Gasteiger partial charge is 0.272 e. The summed E-state index contributed by atoms with van der Waals surface area (Å²) < 4.78 is 0. The second kappa shape index (κ2) is 3.10. The van der Waals surface area contributed by atoms with Crippen LogP contribution in [0.25, 0.3) is 0 Å². The van der Waals surface area contributed by atoms with Crippen molar-refractivity contribution >= 4 is 12.4 Å². The van der Waals surface area contributed by atoms with Crippen LogP contribution in [-0.4, -0.2) is 11.7 Å². The molecule has 0 aromatic carbocycles. The number of aromatic nitrogens is 1. The minimum Gasteiger partial charge on any atom is -0.397 e. The number of nitrogens with zero attached hydrogens (tertiary/aromatic N) is 2. The minimum absolute atomic E-state index is 0.149. The third-order valence-electron chi connectivity index (χ3n) is 2.46. The van der Waals surface area contributed by atoms with Gasteiger partial charge in [-0.25, -0.2) is 5.26 Å². The van der Waals surface area contributed by atoms with Crippen molar-refractivity contribution in [3.63, 3.8) is 0 Å². The van der Waals surface area contributed by atoms with Gasteiger partial charge < -0.3 is 5.73 Å². The Morgan fingerprint density at radius 1 is 1.62 bits per heavy atom. The van der Waals surface area contributed by atoms with Crippen molar-refractivity contribution in [2.75, 3.05) is 5.73 Å². The molecule has 0 fully saturated rings. The van der Waals surface area contributed by atoms with Gasteiger partial charge in [-0.15, -0.1) is 0 Å². The number of nitriles is 1. The highest BCUT2D eigenvalue weighted by Crippen LogP contribution is 2.20. The molecule has 64 valence electrons. The lowest BCUT2D eigenvalue weighted by Gasteiger charge is -2.16. The molecule has 1 aliphatic heterocycles. The molecule has 0 amide bonds. The van der Waals surface area contributed by atoms with Gasteiger partial charge in [0.25, 0.3) is 6.71 Å². The number of nitrogen functional groups attached to an aromatic ring is 1. The van der Waals surface area contributed by atoms with Crippen molar-refractivity contribution < 1.29 is 0 Å². The van der Waals surface area contributed by atoms with Crippen LogP contribution in [0.3, 0.4) is 0 Å². The molecule has 1 aliphatic rings. The van der Waals surface area contributed by atoms with Crippen LogP contribution in [0.1, 0.15) is 11.3 Å². The average molecular weight is 171 g/mol. The van der Waals surface area contributed by atoms with E-state index in [4.69, 9.17) is 11.0 Å². The number of hydrogen-bond donors (Lipinski definition) is 1. The second-order valence-corrected chi connectivity index (χ2v) is 3.44. The van der Waals surface area contributed by atoms with E-state index in [1.807, 2.05) is 6.07 Å². The highest BCUT2D eigenvalue weighted by atomic mass is 14.7. The lowest BCUT2D eigenvalue weighted by Crippen LogP contribution is -2.22. The summed E-state index contributed by atoms with van der Waals surface area (Å²) in [5, 5.41) is 8.78. The van der Waals surface area contributed by atoms with Gasteiger partial charge in [-0.3, -0.25) is 4.98 Å². The van der Waals surface area contributed by atoms with Gasteiger partial charge in [0.15, 0.2) is 0 Å². The first kappa shape index (κ1) is 8.12. The molecule has 2 N–H and O–H groups in total. The second-order valence-electron chi connectivity index (χ2n) is 3.44. The molecule has 0 aliphatic carbocycles. The fourth-order valence-corrected chi connectivity index (χ4v) is 1.75. The van der Waals surface area contributed by atoms with Gasteiger partial charge in [0, 0.05) is 11.7 Å². The van der Waals surface area contributed by atoms with Gasteiger partial charge in [0.2, 0.25) is 0 Å². The number of pyridine rings is 1. The molecule has 0 saturated heterocycles.